The van der Waals surface area contributed by atoms with Gasteiger partial charge in [0.2, 0.25) is 11.8 Å². The highest BCUT2D eigenvalue weighted by Crippen LogP contribution is 2.47. The number of carbonyl (C=O) groups is 2. The van der Waals surface area contributed by atoms with Crippen molar-refractivity contribution in [1.29, 1.82) is 0 Å². The van der Waals surface area contributed by atoms with Crippen LogP contribution in [-0.2, 0) is 14.0 Å². The van der Waals surface area contributed by atoms with E-state index in [0.29, 0.717) is 24.0 Å². The van der Waals surface area contributed by atoms with Crippen molar-refractivity contribution in [1.82, 2.24) is 4.90 Å². The first-order valence-corrected chi connectivity index (χ1v) is 20.3. The minimum Gasteiger partial charge on any atom is -0.507 e. The number of hydrogen-bond donors (Lipinski definition) is 3. The third-order valence-electron chi connectivity index (χ3n) is 10.5. The number of phenolic OH excluding ortho intramolecular Hbond substituents is 1. The lowest BCUT2D eigenvalue weighted by atomic mass is 9.68. The summed E-state index contributed by atoms with van der Waals surface area (Å²) in [6.07, 6.45) is 3.86. The molecule has 9 heteroatoms. The SMILES string of the molecule is CCC/C(=C\c1cc(Br)ccc1O)CC[C@@H](O)C1=C(CO[Si](c2ccccc2)(c2ccccc2)C(C)(C)C)C[C@H]2C(=O)N(C)C(=O)[C@H]2[C@H]1CO. The minimum absolute atomic E-state index is 0.161. The normalized spacial score (nSPS) is 20.8. The van der Waals surface area contributed by atoms with Crippen LogP contribution >= 0.6 is 15.9 Å². The van der Waals surface area contributed by atoms with E-state index in [-0.39, 0.29) is 42.2 Å². The van der Waals surface area contributed by atoms with Crippen molar-refractivity contribution in [2.75, 3.05) is 20.3 Å². The second-order valence-corrected chi connectivity index (χ2v) is 19.9. The first-order valence-electron chi connectivity index (χ1n) is 17.6. The number of aliphatic hydroxyl groups is 2. The van der Waals surface area contributed by atoms with E-state index in [1.807, 2.05) is 48.5 Å². The lowest BCUT2D eigenvalue weighted by Gasteiger charge is -2.44. The first kappa shape index (κ1) is 37.9. The molecule has 3 N–H and O–H groups in total. The van der Waals surface area contributed by atoms with Crippen molar-refractivity contribution in [3.63, 3.8) is 0 Å². The van der Waals surface area contributed by atoms with Crippen molar-refractivity contribution in [3.8, 4) is 5.75 Å². The van der Waals surface area contributed by atoms with Crippen molar-refractivity contribution in [2.24, 2.45) is 17.8 Å². The molecule has 50 heavy (non-hydrogen) atoms. The Hall–Kier alpha value is -3.34. The number of likely N-dealkylation sites (tertiary alicyclic amines) is 1. The molecule has 0 aromatic heterocycles. The number of imide groups is 1. The number of aromatic hydroxyl groups is 1. The van der Waals surface area contributed by atoms with Gasteiger partial charge in [-0.15, -0.1) is 0 Å². The van der Waals surface area contributed by atoms with E-state index in [4.69, 9.17) is 4.43 Å². The highest BCUT2D eigenvalue weighted by molar-refractivity contribution is 9.10. The fourth-order valence-electron chi connectivity index (χ4n) is 8.14. The molecule has 1 heterocycles. The van der Waals surface area contributed by atoms with Gasteiger partial charge in [-0.1, -0.05) is 122 Å². The summed E-state index contributed by atoms with van der Waals surface area (Å²) in [4.78, 5) is 28.1. The number of fused-ring (bicyclic) bond motifs is 1. The van der Waals surface area contributed by atoms with Gasteiger partial charge in [0.1, 0.15) is 5.75 Å². The quantitative estimate of drug-likeness (QED) is 0.103. The zero-order valence-corrected chi connectivity index (χ0v) is 32.3. The monoisotopic (exact) mass is 759 g/mol. The number of hydrogen-bond acceptors (Lipinski definition) is 6. The largest absolute Gasteiger partial charge is 0.507 e. The molecule has 1 aliphatic heterocycles. The van der Waals surface area contributed by atoms with Crippen molar-refractivity contribution in [2.45, 2.75) is 70.9 Å². The van der Waals surface area contributed by atoms with Gasteiger partial charge in [-0.2, -0.15) is 0 Å². The molecule has 266 valence electrons. The number of benzene rings is 3. The molecule has 7 nitrogen and oxygen atoms in total. The molecule has 4 atom stereocenters. The van der Waals surface area contributed by atoms with Crippen molar-refractivity contribution < 1.29 is 29.3 Å². The Morgan fingerprint density at radius 3 is 2.18 bits per heavy atom. The maximum absolute atomic E-state index is 13.5. The van der Waals surface area contributed by atoms with Crippen LogP contribution in [0.2, 0.25) is 5.04 Å². The fraction of sp³-hybridized carbons (Fsp3) is 0.415. The van der Waals surface area contributed by atoms with Crippen molar-refractivity contribution >= 4 is 52.5 Å². The molecule has 0 bridgehead atoms. The summed E-state index contributed by atoms with van der Waals surface area (Å²) in [5.41, 5.74) is 3.17. The van der Waals surface area contributed by atoms with E-state index >= 15 is 0 Å². The van der Waals surface area contributed by atoms with E-state index in [0.717, 1.165) is 38.8 Å². The van der Waals surface area contributed by atoms with Crippen LogP contribution in [0, 0.1) is 17.8 Å². The number of rotatable bonds is 13. The first-order chi connectivity index (χ1) is 23.8. The summed E-state index contributed by atoms with van der Waals surface area (Å²) in [5, 5.41) is 35.4. The number of nitrogens with zero attached hydrogens (tertiary/aromatic N) is 1. The molecule has 2 amide bonds. The summed E-state index contributed by atoms with van der Waals surface area (Å²) >= 11 is 3.49. The molecule has 3 aromatic carbocycles. The average molecular weight is 761 g/mol. The Bertz CT molecular complexity index is 1700. The average Bonchev–Trinajstić information content (AvgIpc) is 3.31. The van der Waals surface area contributed by atoms with Crippen LogP contribution in [0.1, 0.15) is 65.4 Å². The molecule has 1 aliphatic carbocycles. The van der Waals surface area contributed by atoms with E-state index in [9.17, 15) is 24.9 Å². The van der Waals surface area contributed by atoms with Gasteiger partial charge >= 0.3 is 0 Å². The van der Waals surface area contributed by atoms with Gasteiger partial charge in [0.15, 0.2) is 0 Å². The van der Waals surface area contributed by atoms with Gasteiger partial charge in [0, 0.05) is 23.0 Å². The summed E-state index contributed by atoms with van der Waals surface area (Å²) in [5.74, 6) is -2.45. The minimum atomic E-state index is -2.99. The Kier molecular flexibility index (Phi) is 12.1. The third-order valence-corrected chi connectivity index (χ3v) is 16.0. The van der Waals surface area contributed by atoms with Crippen LogP contribution in [-0.4, -0.2) is 66.7 Å². The zero-order valence-electron chi connectivity index (χ0n) is 29.7. The summed E-state index contributed by atoms with van der Waals surface area (Å²) in [7, 11) is -1.48. The Morgan fingerprint density at radius 2 is 1.62 bits per heavy atom. The van der Waals surface area contributed by atoms with Crippen LogP contribution in [0.5, 0.6) is 5.75 Å². The molecular weight excluding hydrogens is 710 g/mol. The number of phenols is 1. The number of carbonyl (C=O) groups excluding carboxylic acids is 2. The molecule has 1 saturated heterocycles. The topological polar surface area (TPSA) is 107 Å². The van der Waals surface area contributed by atoms with Crippen LogP contribution in [0.4, 0.5) is 0 Å². The Balaban J connectivity index is 1.57. The van der Waals surface area contributed by atoms with Crippen LogP contribution in [0.3, 0.4) is 0 Å². The standard InChI is InChI=1S/C41H50BrNO6Si/c1-6-13-27(22-28-23-30(42)19-21-35(28)45)18-20-36(46)37-29(24-33-38(34(37)25-44)40(48)43(5)39(33)47)26-49-50(41(2,3)4,31-14-9-7-10-15-31)32-16-11-8-12-17-32/h7-12,14-17,19,21-23,33-34,36,38,44-46H,6,13,18,20,24-26H2,1-5H3/b27-22+/t33-,34+,36-,38-/m1/s1. The van der Waals surface area contributed by atoms with Crippen LogP contribution in [0.25, 0.3) is 6.08 Å². The second kappa shape index (κ2) is 15.9. The van der Waals surface area contributed by atoms with Gasteiger partial charge in [0.05, 0.1) is 31.2 Å². The second-order valence-electron chi connectivity index (χ2n) is 14.7. The zero-order chi connectivity index (χ0) is 36.2. The molecule has 3 aromatic rings. The number of halogens is 1. The maximum Gasteiger partial charge on any atom is 0.261 e. The number of allylic oxidation sites excluding steroid dienone is 1. The lowest BCUT2D eigenvalue weighted by molar-refractivity contribution is -0.138. The fourth-order valence-corrected chi connectivity index (χ4v) is 13.1. The molecule has 2 aliphatic rings. The van der Waals surface area contributed by atoms with E-state index < -0.39 is 32.2 Å². The van der Waals surface area contributed by atoms with E-state index in [2.05, 4.69) is 67.9 Å². The summed E-state index contributed by atoms with van der Waals surface area (Å²) in [6, 6.07) is 25.9. The summed E-state index contributed by atoms with van der Waals surface area (Å²) < 4.78 is 8.18. The lowest BCUT2D eigenvalue weighted by Crippen LogP contribution is -2.66. The number of aliphatic hydroxyl groups excluding tert-OH is 2. The van der Waals surface area contributed by atoms with Crippen LogP contribution < -0.4 is 10.4 Å². The third kappa shape index (κ3) is 7.48. The van der Waals surface area contributed by atoms with E-state index in [1.54, 1.807) is 12.1 Å². The molecule has 0 radical (unpaired) electrons. The summed E-state index contributed by atoms with van der Waals surface area (Å²) in [6.45, 7) is 8.50. The van der Waals surface area contributed by atoms with Gasteiger partial charge < -0.3 is 19.7 Å². The molecule has 0 spiro atoms. The molecule has 5 rings (SSSR count). The van der Waals surface area contributed by atoms with E-state index in [1.165, 1.54) is 11.9 Å². The predicted molar refractivity (Wildman–Crippen MR) is 204 cm³/mol. The van der Waals surface area contributed by atoms with Crippen molar-refractivity contribution in [3.05, 3.63) is 106 Å². The maximum atomic E-state index is 13.5. The molecular formula is C41H50BrNO6Si. The van der Waals surface area contributed by atoms with Crippen LogP contribution in [0.15, 0.2) is 100 Å². The van der Waals surface area contributed by atoms with Gasteiger partial charge in [0.25, 0.3) is 8.32 Å². The molecule has 0 saturated carbocycles. The Labute approximate surface area is 305 Å². The Morgan fingerprint density at radius 1 is 1.00 bits per heavy atom. The smallest absolute Gasteiger partial charge is 0.261 e. The molecule has 0 unspecified atom stereocenters. The van der Waals surface area contributed by atoms with Gasteiger partial charge in [-0.25, -0.2) is 0 Å². The highest BCUT2D eigenvalue weighted by Gasteiger charge is 2.55. The molecule has 1 fully saturated rings. The number of amides is 2. The highest BCUT2D eigenvalue weighted by atomic mass is 79.9. The van der Waals surface area contributed by atoms with Gasteiger partial charge in [-0.05, 0) is 70.4 Å². The predicted octanol–water partition coefficient (Wildman–Crippen LogP) is 6.60. The van der Waals surface area contributed by atoms with Gasteiger partial charge in [-0.3, -0.25) is 14.5 Å².